The van der Waals surface area contributed by atoms with Crippen LogP contribution in [0.25, 0.3) is 28.1 Å². The van der Waals surface area contributed by atoms with E-state index in [1.165, 1.54) is 23.9 Å². The van der Waals surface area contributed by atoms with Gasteiger partial charge in [-0.05, 0) is 85.1 Å². The van der Waals surface area contributed by atoms with Crippen molar-refractivity contribution < 1.29 is 24.2 Å². The lowest BCUT2D eigenvalue weighted by molar-refractivity contribution is -0.122. The van der Waals surface area contributed by atoms with Crippen LogP contribution < -0.4 is 9.47 Å². The van der Waals surface area contributed by atoms with Gasteiger partial charge in [0.2, 0.25) is 0 Å². The van der Waals surface area contributed by atoms with E-state index in [2.05, 4.69) is 29.2 Å². The Morgan fingerprint density at radius 2 is 1.90 bits per heavy atom. The molecule has 4 aromatic rings. The number of methoxy groups -OCH3 is 1. The first kappa shape index (κ1) is 26.5. The number of nitrogens with zero attached hydrogens (tertiary/aromatic N) is 1. The second-order valence-corrected chi connectivity index (χ2v) is 10.8. The summed E-state index contributed by atoms with van der Waals surface area (Å²) in [6, 6.07) is 20.4. The maximum absolute atomic E-state index is 13.1. The van der Waals surface area contributed by atoms with E-state index in [4.69, 9.17) is 26.8 Å². The molecule has 9 heteroatoms. The second kappa shape index (κ2) is 11.3. The average Bonchev–Trinajstić information content (AvgIpc) is 3.43. The zero-order valence-electron chi connectivity index (χ0n) is 21.4. The van der Waals surface area contributed by atoms with E-state index < -0.39 is 5.97 Å². The lowest BCUT2D eigenvalue weighted by Crippen LogP contribution is -2.29. The number of carbonyl (C=O) groups is 2. The van der Waals surface area contributed by atoms with Gasteiger partial charge >= 0.3 is 5.97 Å². The Balaban J connectivity index is 1.27. The molecule has 0 radical (unpaired) electrons. The molecule has 0 bridgehead atoms. The molecule has 198 valence electrons. The SMILES string of the molecule is COc1ccc(C=C2SC(=S)N(CCCOc3ccc(C(=O)O)cc3)C2=O)cc1-c1ccc2[nH]c(C)cc2c1. The number of aromatic carboxylic acids is 1. The van der Waals surface area contributed by atoms with Crippen LogP contribution in [-0.2, 0) is 4.79 Å². The first-order chi connectivity index (χ1) is 18.8. The highest BCUT2D eigenvalue weighted by atomic mass is 32.2. The van der Waals surface area contributed by atoms with Crippen molar-refractivity contribution in [3.8, 4) is 22.6 Å². The van der Waals surface area contributed by atoms with E-state index in [0.29, 0.717) is 34.5 Å². The number of thioether (sulfide) groups is 1. The minimum Gasteiger partial charge on any atom is -0.496 e. The van der Waals surface area contributed by atoms with E-state index in [1.807, 2.05) is 31.2 Å². The number of aromatic amines is 1. The van der Waals surface area contributed by atoms with Gasteiger partial charge in [-0.15, -0.1) is 0 Å². The van der Waals surface area contributed by atoms with Crippen LogP contribution in [0.1, 0.15) is 28.0 Å². The van der Waals surface area contributed by atoms with Gasteiger partial charge in [0.15, 0.2) is 0 Å². The summed E-state index contributed by atoms with van der Waals surface area (Å²) >= 11 is 6.78. The van der Waals surface area contributed by atoms with Crippen molar-refractivity contribution in [3.05, 3.63) is 88.5 Å². The van der Waals surface area contributed by atoms with Gasteiger partial charge in [0.1, 0.15) is 15.8 Å². The molecule has 0 unspecified atom stereocenters. The summed E-state index contributed by atoms with van der Waals surface area (Å²) in [6.07, 6.45) is 2.44. The quantitative estimate of drug-likeness (QED) is 0.137. The molecule has 1 aromatic heterocycles. The maximum Gasteiger partial charge on any atom is 0.335 e. The molecule has 2 heterocycles. The predicted molar refractivity (Wildman–Crippen MR) is 158 cm³/mol. The second-order valence-electron chi connectivity index (χ2n) is 9.08. The number of carbonyl (C=O) groups excluding carboxylic acids is 1. The van der Waals surface area contributed by atoms with Gasteiger partial charge in [-0.1, -0.05) is 36.1 Å². The Morgan fingerprint density at radius 3 is 2.64 bits per heavy atom. The van der Waals surface area contributed by atoms with Gasteiger partial charge in [0.05, 0.1) is 24.2 Å². The minimum absolute atomic E-state index is 0.127. The molecule has 0 spiro atoms. The fourth-order valence-electron chi connectivity index (χ4n) is 4.44. The fourth-order valence-corrected chi connectivity index (χ4v) is 5.75. The maximum atomic E-state index is 13.1. The monoisotopic (exact) mass is 558 g/mol. The summed E-state index contributed by atoms with van der Waals surface area (Å²) in [6.45, 7) is 2.83. The molecule has 3 aromatic carbocycles. The number of hydrogen-bond acceptors (Lipinski definition) is 6. The molecule has 2 N–H and O–H groups in total. The topological polar surface area (TPSA) is 91.9 Å². The Labute approximate surface area is 235 Å². The Morgan fingerprint density at radius 1 is 1.10 bits per heavy atom. The first-order valence-corrected chi connectivity index (χ1v) is 13.5. The van der Waals surface area contributed by atoms with Gasteiger partial charge in [0.25, 0.3) is 5.91 Å². The standard InChI is InChI=1S/C30H26N2O5S2/c1-18-14-22-17-21(7-10-25(22)31-18)24-15-19(4-11-26(24)36-2)16-27-28(33)32(30(38)39-27)12-3-13-37-23-8-5-20(6-9-23)29(34)35/h4-11,14-17,31H,3,12-13H2,1-2H3,(H,34,35). The molecule has 7 nitrogen and oxygen atoms in total. The number of benzene rings is 3. The van der Waals surface area contributed by atoms with E-state index >= 15 is 0 Å². The van der Waals surface area contributed by atoms with E-state index in [-0.39, 0.29) is 11.5 Å². The van der Waals surface area contributed by atoms with Crippen LogP contribution in [0.3, 0.4) is 0 Å². The zero-order chi connectivity index (χ0) is 27.5. The number of rotatable bonds is 9. The van der Waals surface area contributed by atoms with E-state index in [9.17, 15) is 9.59 Å². The number of aryl methyl sites for hydroxylation is 1. The molecular formula is C30H26N2O5S2. The number of carboxylic acids is 1. The van der Waals surface area contributed by atoms with Crippen LogP contribution in [0.5, 0.6) is 11.5 Å². The van der Waals surface area contributed by atoms with Crippen LogP contribution in [-0.4, -0.2) is 51.4 Å². The third-order valence-corrected chi connectivity index (χ3v) is 7.74. The Bertz CT molecular complexity index is 1610. The molecule has 0 saturated carbocycles. The number of nitrogens with one attached hydrogen (secondary N) is 1. The lowest BCUT2D eigenvalue weighted by atomic mass is 10.00. The summed E-state index contributed by atoms with van der Waals surface area (Å²) in [7, 11) is 1.65. The summed E-state index contributed by atoms with van der Waals surface area (Å²) in [5.74, 6) is 0.218. The number of amides is 1. The van der Waals surface area contributed by atoms with Crippen molar-refractivity contribution in [2.24, 2.45) is 0 Å². The third-order valence-electron chi connectivity index (χ3n) is 6.36. The molecule has 0 aliphatic carbocycles. The molecule has 1 aliphatic rings. The van der Waals surface area contributed by atoms with Crippen LogP contribution in [0.15, 0.2) is 71.6 Å². The number of fused-ring (bicyclic) bond motifs is 1. The normalized spacial score (nSPS) is 14.4. The average molecular weight is 559 g/mol. The van der Waals surface area contributed by atoms with Crippen molar-refractivity contribution in [3.63, 3.8) is 0 Å². The van der Waals surface area contributed by atoms with Crippen molar-refractivity contribution in [2.75, 3.05) is 20.3 Å². The summed E-state index contributed by atoms with van der Waals surface area (Å²) < 4.78 is 11.8. The highest BCUT2D eigenvalue weighted by Crippen LogP contribution is 2.36. The van der Waals surface area contributed by atoms with Crippen LogP contribution in [0.2, 0.25) is 0 Å². The van der Waals surface area contributed by atoms with Gasteiger partial charge in [-0.25, -0.2) is 4.79 Å². The van der Waals surface area contributed by atoms with Crippen molar-refractivity contribution in [1.29, 1.82) is 0 Å². The molecule has 1 amide bonds. The number of hydrogen-bond donors (Lipinski definition) is 2. The smallest absolute Gasteiger partial charge is 0.335 e. The molecule has 5 rings (SSSR count). The van der Waals surface area contributed by atoms with Gasteiger partial charge < -0.3 is 19.6 Å². The largest absolute Gasteiger partial charge is 0.496 e. The van der Waals surface area contributed by atoms with Crippen molar-refractivity contribution in [2.45, 2.75) is 13.3 Å². The molecule has 1 aliphatic heterocycles. The van der Waals surface area contributed by atoms with E-state index in [1.54, 1.807) is 24.1 Å². The number of H-pyrrole nitrogens is 1. The van der Waals surface area contributed by atoms with Crippen molar-refractivity contribution >= 4 is 57.2 Å². The number of carboxylic acid groups (broad SMARTS) is 1. The molecule has 1 fully saturated rings. The predicted octanol–water partition coefficient (Wildman–Crippen LogP) is 6.52. The first-order valence-electron chi connectivity index (χ1n) is 12.3. The number of aromatic nitrogens is 1. The third kappa shape index (κ3) is 5.84. The fraction of sp³-hybridized carbons (Fsp3) is 0.167. The highest BCUT2D eigenvalue weighted by Gasteiger charge is 2.31. The number of ether oxygens (including phenoxy) is 2. The van der Waals surface area contributed by atoms with Crippen molar-refractivity contribution in [1.82, 2.24) is 9.88 Å². The van der Waals surface area contributed by atoms with Gasteiger partial charge in [0, 0.05) is 28.7 Å². The van der Waals surface area contributed by atoms with Gasteiger partial charge in [-0.2, -0.15) is 0 Å². The summed E-state index contributed by atoms with van der Waals surface area (Å²) in [5.41, 5.74) is 5.23. The van der Waals surface area contributed by atoms with Crippen LogP contribution in [0.4, 0.5) is 0 Å². The van der Waals surface area contributed by atoms with Crippen LogP contribution >= 0.6 is 24.0 Å². The Hall–Kier alpha value is -4.08. The van der Waals surface area contributed by atoms with Crippen LogP contribution in [0, 0.1) is 6.92 Å². The van der Waals surface area contributed by atoms with Gasteiger partial charge in [-0.3, -0.25) is 9.69 Å². The zero-order valence-corrected chi connectivity index (χ0v) is 23.0. The van der Waals surface area contributed by atoms with E-state index in [0.717, 1.165) is 39.0 Å². The lowest BCUT2D eigenvalue weighted by Gasteiger charge is -2.14. The Kier molecular flexibility index (Phi) is 7.72. The minimum atomic E-state index is -0.983. The highest BCUT2D eigenvalue weighted by molar-refractivity contribution is 8.26. The number of thiocarbonyl (C=S) groups is 1. The molecule has 0 atom stereocenters. The summed E-state index contributed by atoms with van der Waals surface area (Å²) in [4.78, 5) is 29.6. The summed E-state index contributed by atoms with van der Waals surface area (Å²) in [5, 5.41) is 10.1. The molecular weight excluding hydrogens is 532 g/mol. The molecule has 1 saturated heterocycles. The molecule has 39 heavy (non-hydrogen) atoms.